The van der Waals surface area contributed by atoms with E-state index in [1.54, 1.807) is 6.08 Å². The predicted octanol–water partition coefficient (Wildman–Crippen LogP) is 4.10. The summed E-state index contributed by atoms with van der Waals surface area (Å²) in [5.41, 5.74) is 1.81. The second-order valence-electron chi connectivity index (χ2n) is 6.68. The molecular formula is C21H18N2O5S. The summed E-state index contributed by atoms with van der Waals surface area (Å²) in [4.78, 5) is 39.3. The summed E-state index contributed by atoms with van der Waals surface area (Å²) in [5, 5.41) is 21.2. The van der Waals surface area contributed by atoms with Gasteiger partial charge in [0, 0.05) is 0 Å². The zero-order valence-corrected chi connectivity index (χ0v) is 16.5. The van der Waals surface area contributed by atoms with Crippen LogP contribution in [-0.2, 0) is 4.79 Å². The molecule has 1 saturated heterocycles. The molecule has 1 aliphatic rings. The summed E-state index contributed by atoms with van der Waals surface area (Å²) < 4.78 is 0. The van der Waals surface area contributed by atoms with Gasteiger partial charge < -0.3 is 15.5 Å². The molecule has 0 spiro atoms. The normalized spacial score (nSPS) is 16.4. The number of benzene rings is 2. The Morgan fingerprint density at radius 3 is 2.14 bits per heavy atom. The number of carboxylic acids is 2. The van der Waals surface area contributed by atoms with Crippen LogP contribution in [0.5, 0.6) is 0 Å². The van der Waals surface area contributed by atoms with Crippen molar-refractivity contribution in [2.24, 2.45) is 4.99 Å². The average molecular weight is 410 g/mol. The zero-order valence-electron chi connectivity index (χ0n) is 15.7. The molecule has 7 nitrogen and oxygen atoms in total. The standard InChI is InChI=1S/C21H18N2O5S/c1-11(2)13-5-3-12(4-6-13)7-17-18(24)23-21(29-17)22-16-9-14(19(25)26)8-15(10-16)20(27)28/h3-11H,1-2H3,(H,25,26)(H,27,28)(H,22,23,24)/b17-7-. The highest BCUT2D eigenvalue weighted by atomic mass is 32.2. The third kappa shape index (κ3) is 4.91. The van der Waals surface area contributed by atoms with Crippen LogP contribution in [0.3, 0.4) is 0 Å². The number of hydrogen-bond donors (Lipinski definition) is 3. The van der Waals surface area contributed by atoms with Gasteiger partial charge in [-0.3, -0.25) is 4.79 Å². The fourth-order valence-corrected chi connectivity index (χ4v) is 3.49. The Labute approximate surface area is 171 Å². The molecule has 0 saturated carbocycles. The molecule has 2 aromatic rings. The van der Waals surface area contributed by atoms with E-state index in [9.17, 15) is 14.4 Å². The van der Waals surface area contributed by atoms with Crippen LogP contribution in [0, 0.1) is 0 Å². The molecule has 0 aromatic heterocycles. The van der Waals surface area contributed by atoms with Crippen LogP contribution < -0.4 is 5.32 Å². The molecule has 1 amide bonds. The molecule has 3 rings (SSSR count). The Morgan fingerprint density at radius 1 is 1.03 bits per heavy atom. The lowest BCUT2D eigenvalue weighted by molar-refractivity contribution is -0.115. The van der Waals surface area contributed by atoms with Crippen LogP contribution in [0.15, 0.2) is 52.4 Å². The maximum Gasteiger partial charge on any atom is 0.335 e. The van der Waals surface area contributed by atoms with E-state index < -0.39 is 11.9 Å². The summed E-state index contributed by atoms with van der Waals surface area (Å²) in [6.45, 7) is 4.21. The third-order valence-electron chi connectivity index (χ3n) is 4.19. The average Bonchev–Trinajstić information content (AvgIpc) is 3.00. The van der Waals surface area contributed by atoms with Crippen molar-refractivity contribution in [3.05, 3.63) is 69.6 Å². The van der Waals surface area contributed by atoms with Crippen LogP contribution in [0.2, 0.25) is 0 Å². The first-order valence-corrected chi connectivity index (χ1v) is 9.56. The van der Waals surface area contributed by atoms with Gasteiger partial charge in [-0.2, -0.15) is 0 Å². The number of nitrogens with zero attached hydrogens (tertiary/aromatic N) is 1. The zero-order chi connectivity index (χ0) is 21.1. The lowest BCUT2D eigenvalue weighted by Gasteiger charge is -2.04. The van der Waals surface area contributed by atoms with Gasteiger partial charge in [-0.25, -0.2) is 14.6 Å². The Morgan fingerprint density at radius 2 is 1.62 bits per heavy atom. The second kappa shape index (κ2) is 8.32. The SMILES string of the molecule is CC(C)c1ccc(/C=C2\SC(=Nc3cc(C(=O)O)cc(C(=O)O)c3)NC2=O)cc1. The molecule has 0 aliphatic carbocycles. The molecule has 2 aromatic carbocycles. The second-order valence-corrected chi connectivity index (χ2v) is 7.71. The number of carboxylic acid groups (broad SMARTS) is 2. The molecule has 8 heteroatoms. The highest BCUT2D eigenvalue weighted by molar-refractivity contribution is 8.18. The minimum atomic E-state index is -1.26. The highest BCUT2D eigenvalue weighted by Crippen LogP contribution is 2.29. The van der Waals surface area contributed by atoms with E-state index in [1.165, 1.54) is 17.7 Å². The molecule has 0 atom stereocenters. The quantitative estimate of drug-likeness (QED) is 0.639. The van der Waals surface area contributed by atoms with Crippen molar-refractivity contribution in [3.8, 4) is 0 Å². The molecule has 29 heavy (non-hydrogen) atoms. The minimum Gasteiger partial charge on any atom is -0.478 e. The maximum absolute atomic E-state index is 12.2. The number of rotatable bonds is 5. The summed E-state index contributed by atoms with van der Waals surface area (Å²) in [5.74, 6) is -2.43. The van der Waals surface area contributed by atoms with Crippen molar-refractivity contribution in [3.63, 3.8) is 0 Å². The molecule has 0 radical (unpaired) electrons. The lowest BCUT2D eigenvalue weighted by Crippen LogP contribution is -2.19. The topological polar surface area (TPSA) is 116 Å². The fraction of sp³-hybridized carbons (Fsp3) is 0.143. The molecular weight excluding hydrogens is 392 g/mol. The Kier molecular flexibility index (Phi) is 5.84. The van der Waals surface area contributed by atoms with Crippen molar-refractivity contribution in [2.75, 3.05) is 0 Å². The highest BCUT2D eigenvalue weighted by Gasteiger charge is 2.24. The maximum atomic E-state index is 12.2. The summed E-state index contributed by atoms with van der Waals surface area (Å²) in [7, 11) is 0. The van der Waals surface area contributed by atoms with Crippen molar-refractivity contribution >= 4 is 46.5 Å². The van der Waals surface area contributed by atoms with Crippen molar-refractivity contribution < 1.29 is 24.6 Å². The van der Waals surface area contributed by atoms with Gasteiger partial charge in [-0.1, -0.05) is 38.1 Å². The largest absolute Gasteiger partial charge is 0.478 e. The number of nitrogens with one attached hydrogen (secondary N) is 1. The van der Waals surface area contributed by atoms with Crippen molar-refractivity contribution in [1.82, 2.24) is 5.32 Å². The Bertz CT molecular complexity index is 1020. The Hall–Kier alpha value is -3.39. The first kappa shape index (κ1) is 20.3. The smallest absolute Gasteiger partial charge is 0.335 e. The van der Waals surface area contributed by atoms with E-state index in [1.807, 2.05) is 24.3 Å². The van der Waals surface area contributed by atoms with Gasteiger partial charge >= 0.3 is 11.9 Å². The summed E-state index contributed by atoms with van der Waals surface area (Å²) in [6.07, 6.45) is 1.74. The molecule has 1 fully saturated rings. The summed E-state index contributed by atoms with van der Waals surface area (Å²) >= 11 is 1.10. The molecule has 0 unspecified atom stereocenters. The van der Waals surface area contributed by atoms with E-state index in [-0.39, 0.29) is 27.9 Å². The number of thioether (sulfide) groups is 1. The van der Waals surface area contributed by atoms with Crippen molar-refractivity contribution in [2.45, 2.75) is 19.8 Å². The number of carbonyl (C=O) groups is 3. The third-order valence-corrected chi connectivity index (χ3v) is 5.10. The van der Waals surface area contributed by atoms with E-state index in [0.29, 0.717) is 10.8 Å². The number of amides is 1. The van der Waals surface area contributed by atoms with Gasteiger partial charge in [0.25, 0.3) is 5.91 Å². The van der Waals surface area contributed by atoms with Gasteiger partial charge in [0.05, 0.1) is 21.7 Å². The molecule has 1 aliphatic heterocycles. The van der Waals surface area contributed by atoms with E-state index in [4.69, 9.17) is 10.2 Å². The molecule has 148 valence electrons. The number of amidine groups is 1. The summed E-state index contributed by atoms with van der Waals surface area (Å²) in [6, 6.07) is 11.4. The van der Waals surface area contributed by atoms with Crippen LogP contribution in [0.4, 0.5) is 5.69 Å². The van der Waals surface area contributed by atoms with Crippen molar-refractivity contribution in [1.29, 1.82) is 0 Å². The van der Waals surface area contributed by atoms with Gasteiger partial charge in [0.1, 0.15) is 0 Å². The Balaban J connectivity index is 1.87. The molecule has 0 bridgehead atoms. The lowest BCUT2D eigenvalue weighted by atomic mass is 10.0. The van der Waals surface area contributed by atoms with Crippen LogP contribution in [0.1, 0.15) is 51.6 Å². The van der Waals surface area contributed by atoms with Crippen LogP contribution in [0.25, 0.3) is 6.08 Å². The number of aromatic carboxylic acids is 2. The molecule has 3 N–H and O–H groups in total. The molecule has 1 heterocycles. The first-order valence-electron chi connectivity index (χ1n) is 8.74. The number of carbonyl (C=O) groups excluding carboxylic acids is 1. The van der Waals surface area contributed by atoms with E-state index in [2.05, 4.69) is 24.2 Å². The fourth-order valence-electron chi connectivity index (χ4n) is 2.65. The van der Waals surface area contributed by atoms with E-state index in [0.717, 1.165) is 23.4 Å². The van der Waals surface area contributed by atoms with Gasteiger partial charge in [0.15, 0.2) is 5.17 Å². The van der Waals surface area contributed by atoms with Gasteiger partial charge in [-0.15, -0.1) is 0 Å². The predicted molar refractivity (Wildman–Crippen MR) is 112 cm³/mol. The monoisotopic (exact) mass is 410 g/mol. The first-order chi connectivity index (χ1) is 13.7. The van der Waals surface area contributed by atoms with Gasteiger partial charge in [0.2, 0.25) is 0 Å². The van der Waals surface area contributed by atoms with Crippen LogP contribution >= 0.6 is 11.8 Å². The number of aliphatic imine (C=N–C) groups is 1. The number of hydrogen-bond acceptors (Lipinski definition) is 5. The minimum absolute atomic E-state index is 0.132. The van der Waals surface area contributed by atoms with E-state index >= 15 is 0 Å². The van der Waals surface area contributed by atoms with Gasteiger partial charge in [-0.05, 0) is 53.1 Å². The van der Waals surface area contributed by atoms with Crippen LogP contribution in [-0.4, -0.2) is 33.2 Å².